The van der Waals surface area contributed by atoms with E-state index in [4.69, 9.17) is 11.5 Å². The lowest BCUT2D eigenvalue weighted by Crippen LogP contribution is -2.59. The summed E-state index contributed by atoms with van der Waals surface area (Å²) in [5.41, 5.74) is 12.8. The predicted octanol–water partition coefficient (Wildman–Crippen LogP) is -0.256. The molecule has 5 unspecified atom stereocenters. The zero-order valence-electron chi connectivity index (χ0n) is 21.9. The van der Waals surface area contributed by atoms with Crippen molar-refractivity contribution in [3.63, 3.8) is 0 Å². The van der Waals surface area contributed by atoms with E-state index in [-0.39, 0.29) is 18.8 Å². The number of rotatable bonds is 16. The van der Waals surface area contributed by atoms with Crippen LogP contribution in [-0.4, -0.2) is 76.2 Å². The van der Waals surface area contributed by atoms with E-state index < -0.39 is 54.5 Å². The van der Waals surface area contributed by atoms with Gasteiger partial charge < -0.3 is 42.6 Å². The zero-order chi connectivity index (χ0) is 28.2. The minimum Gasteiger partial charge on any atom is -0.480 e. The zero-order valence-corrected chi connectivity index (χ0v) is 21.9. The lowest BCUT2D eigenvalue weighted by Gasteiger charge is -2.28. The quantitative estimate of drug-likeness (QED) is 0.135. The van der Waals surface area contributed by atoms with Crippen molar-refractivity contribution in [3.05, 3.63) is 36.0 Å². The largest absolute Gasteiger partial charge is 0.480 e. The smallest absolute Gasteiger partial charge is 0.326 e. The number of fused-ring (bicyclic) bond motifs is 1. The number of aromatic amines is 1. The average Bonchev–Trinajstić information content (AvgIpc) is 3.32. The highest BCUT2D eigenvalue weighted by Gasteiger charge is 2.32. The monoisotopic (exact) mass is 532 g/mol. The molecule has 5 atom stereocenters. The molecule has 1 aromatic heterocycles. The van der Waals surface area contributed by atoms with Crippen LogP contribution in [0, 0.1) is 5.92 Å². The van der Waals surface area contributed by atoms with Crippen LogP contribution in [0.15, 0.2) is 30.5 Å². The fourth-order valence-electron chi connectivity index (χ4n) is 4.06. The van der Waals surface area contributed by atoms with Gasteiger partial charge in [-0.25, -0.2) is 4.79 Å². The van der Waals surface area contributed by atoms with E-state index in [0.717, 1.165) is 16.5 Å². The van der Waals surface area contributed by atoms with Gasteiger partial charge in [0.2, 0.25) is 17.7 Å². The summed E-state index contributed by atoms with van der Waals surface area (Å²) < 4.78 is 0. The molecule has 3 amide bonds. The predicted molar refractivity (Wildman–Crippen MR) is 143 cm³/mol. The Kier molecular flexibility index (Phi) is 12.2. The van der Waals surface area contributed by atoms with Crippen molar-refractivity contribution in [1.29, 1.82) is 0 Å². The molecule has 0 fully saturated rings. The Bertz CT molecular complexity index is 1090. The minimum atomic E-state index is -1.23. The van der Waals surface area contributed by atoms with Crippen molar-refractivity contribution < 1.29 is 29.4 Å². The minimum absolute atomic E-state index is 0.0408. The SMILES string of the molecule is CCC(C)C(NC(=O)C(N)CO)C(=O)NC(CCCCN)C(=O)NC(Cc1c[nH]c2ccccc12)C(=O)O. The molecule has 0 aliphatic heterocycles. The van der Waals surface area contributed by atoms with E-state index in [1.54, 1.807) is 13.1 Å². The van der Waals surface area contributed by atoms with E-state index >= 15 is 0 Å². The number of aliphatic carboxylic acids is 1. The topological polar surface area (TPSA) is 213 Å². The summed E-state index contributed by atoms with van der Waals surface area (Å²) in [6.45, 7) is 3.42. The summed E-state index contributed by atoms with van der Waals surface area (Å²) in [6, 6.07) is 2.96. The van der Waals surface area contributed by atoms with Crippen LogP contribution in [0.1, 0.15) is 45.1 Å². The summed E-state index contributed by atoms with van der Waals surface area (Å²) in [4.78, 5) is 53.9. The second-order valence-electron chi connectivity index (χ2n) is 9.47. The molecular weight excluding hydrogens is 492 g/mol. The van der Waals surface area contributed by atoms with Gasteiger partial charge in [-0.1, -0.05) is 38.5 Å². The fraction of sp³-hybridized carbons (Fsp3) is 0.538. The summed E-state index contributed by atoms with van der Waals surface area (Å²) in [7, 11) is 0. The summed E-state index contributed by atoms with van der Waals surface area (Å²) >= 11 is 0. The van der Waals surface area contributed by atoms with Crippen LogP contribution < -0.4 is 27.4 Å². The normalized spacial score (nSPS) is 15.2. The maximum absolute atomic E-state index is 13.2. The lowest BCUT2D eigenvalue weighted by atomic mass is 9.97. The third kappa shape index (κ3) is 8.54. The number of amides is 3. The highest BCUT2D eigenvalue weighted by Crippen LogP contribution is 2.19. The van der Waals surface area contributed by atoms with Crippen LogP contribution in [0.3, 0.4) is 0 Å². The molecule has 1 aromatic carbocycles. The Hall–Kier alpha value is -3.48. The second-order valence-corrected chi connectivity index (χ2v) is 9.47. The fourth-order valence-corrected chi connectivity index (χ4v) is 4.06. The first kappa shape index (κ1) is 30.7. The van der Waals surface area contributed by atoms with Crippen LogP contribution in [0.5, 0.6) is 0 Å². The second kappa shape index (κ2) is 15.1. The van der Waals surface area contributed by atoms with E-state index in [0.29, 0.717) is 25.8 Å². The number of nitrogens with one attached hydrogen (secondary N) is 4. The molecule has 0 saturated heterocycles. The van der Waals surface area contributed by atoms with Gasteiger partial charge in [-0.2, -0.15) is 0 Å². The highest BCUT2D eigenvalue weighted by molar-refractivity contribution is 5.94. The molecule has 0 aliphatic rings. The summed E-state index contributed by atoms with van der Waals surface area (Å²) in [5, 5.41) is 27.6. The molecular formula is C26H40N6O6. The Morgan fingerprint density at radius 3 is 2.32 bits per heavy atom. The van der Waals surface area contributed by atoms with Crippen LogP contribution in [-0.2, 0) is 25.6 Å². The number of carboxylic acid groups (broad SMARTS) is 1. The summed E-state index contributed by atoms with van der Waals surface area (Å²) in [6.07, 6.45) is 3.65. The molecule has 0 radical (unpaired) electrons. The number of carbonyl (C=O) groups excluding carboxylic acids is 3. The number of para-hydroxylation sites is 1. The average molecular weight is 533 g/mol. The number of benzene rings is 1. The molecule has 38 heavy (non-hydrogen) atoms. The van der Waals surface area contributed by atoms with Gasteiger partial charge in [0.15, 0.2) is 0 Å². The number of aromatic nitrogens is 1. The first-order valence-electron chi connectivity index (χ1n) is 12.9. The van der Waals surface area contributed by atoms with E-state index in [2.05, 4.69) is 20.9 Å². The number of carbonyl (C=O) groups is 4. The van der Waals surface area contributed by atoms with Gasteiger partial charge in [0.25, 0.3) is 0 Å². The van der Waals surface area contributed by atoms with Crippen molar-refractivity contribution in [3.8, 4) is 0 Å². The van der Waals surface area contributed by atoms with Gasteiger partial charge in [0.05, 0.1) is 6.61 Å². The molecule has 1 heterocycles. The molecule has 12 nitrogen and oxygen atoms in total. The van der Waals surface area contributed by atoms with Crippen molar-refractivity contribution >= 4 is 34.6 Å². The van der Waals surface area contributed by atoms with Gasteiger partial charge in [-0.05, 0) is 43.4 Å². The summed E-state index contributed by atoms with van der Waals surface area (Å²) in [5.74, 6) is -3.45. The number of hydrogen-bond donors (Lipinski definition) is 8. The first-order valence-corrected chi connectivity index (χ1v) is 12.9. The Morgan fingerprint density at radius 2 is 1.68 bits per heavy atom. The van der Waals surface area contributed by atoms with Gasteiger partial charge in [0.1, 0.15) is 24.2 Å². The molecule has 0 saturated carbocycles. The molecule has 2 aromatic rings. The maximum Gasteiger partial charge on any atom is 0.326 e. The number of hydrogen-bond acceptors (Lipinski definition) is 7. The Balaban J connectivity index is 2.20. The maximum atomic E-state index is 13.2. The van der Waals surface area contributed by atoms with Crippen molar-refractivity contribution in [2.45, 2.75) is 70.1 Å². The van der Waals surface area contributed by atoms with Crippen LogP contribution in [0.4, 0.5) is 0 Å². The molecule has 0 spiro atoms. The van der Waals surface area contributed by atoms with Crippen molar-refractivity contribution in [2.24, 2.45) is 17.4 Å². The van der Waals surface area contributed by atoms with Gasteiger partial charge >= 0.3 is 5.97 Å². The highest BCUT2D eigenvalue weighted by atomic mass is 16.4. The van der Waals surface area contributed by atoms with E-state index in [1.165, 1.54) is 0 Å². The Morgan fingerprint density at radius 1 is 1.00 bits per heavy atom. The number of nitrogens with two attached hydrogens (primary N) is 2. The Labute approximate surface area is 221 Å². The van der Waals surface area contributed by atoms with Crippen molar-refractivity contribution in [1.82, 2.24) is 20.9 Å². The molecule has 2 rings (SSSR count). The molecule has 10 N–H and O–H groups in total. The third-order valence-electron chi connectivity index (χ3n) is 6.62. The molecule has 12 heteroatoms. The van der Waals surface area contributed by atoms with Gasteiger partial charge in [0, 0.05) is 23.5 Å². The first-order chi connectivity index (χ1) is 18.1. The third-order valence-corrected chi connectivity index (χ3v) is 6.62. The standard InChI is InChI=1S/C26H40N6O6/c1-3-15(2)22(32-23(34)18(28)14-33)25(36)30-20(10-6-7-11-27)24(35)31-21(26(37)38)12-16-13-29-19-9-5-4-8-17(16)19/h4-5,8-9,13,15,18,20-22,29,33H,3,6-7,10-12,14,27-28H2,1-2H3,(H,30,36)(H,31,35)(H,32,34)(H,37,38). The van der Waals surface area contributed by atoms with Crippen LogP contribution in [0.25, 0.3) is 10.9 Å². The van der Waals surface area contributed by atoms with Crippen LogP contribution >= 0.6 is 0 Å². The molecule has 0 bridgehead atoms. The van der Waals surface area contributed by atoms with E-state index in [9.17, 15) is 29.4 Å². The molecule has 0 aliphatic carbocycles. The lowest BCUT2D eigenvalue weighted by molar-refractivity contribution is -0.142. The number of carboxylic acids is 1. The number of H-pyrrole nitrogens is 1. The number of unbranched alkanes of at least 4 members (excludes halogenated alkanes) is 1. The number of aliphatic hydroxyl groups excluding tert-OH is 1. The van der Waals surface area contributed by atoms with Crippen molar-refractivity contribution in [2.75, 3.05) is 13.2 Å². The van der Waals surface area contributed by atoms with E-state index in [1.807, 2.05) is 31.2 Å². The van der Waals surface area contributed by atoms with Gasteiger partial charge in [-0.15, -0.1) is 0 Å². The van der Waals surface area contributed by atoms with Crippen LogP contribution in [0.2, 0.25) is 0 Å². The number of aliphatic hydroxyl groups is 1. The molecule has 210 valence electrons. The van der Waals surface area contributed by atoms with Gasteiger partial charge in [-0.3, -0.25) is 14.4 Å².